The number of rotatable bonds is 5. The molecule has 5 heteroatoms. The van der Waals surface area contributed by atoms with Crippen LogP contribution >= 0.6 is 0 Å². The summed E-state index contributed by atoms with van der Waals surface area (Å²) in [6.07, 6.45) is 0.887. The third-order valence-electron chi connectivity index (χ3n) is 4.98. The second kappa shape index (κ2) is 8.21. The highest BCUT2D eigenvalue weighted by Crippen LogP contribution is 2.20. The minimum atomic E-state index is -0.732. The van der Waals surface area contributed by atoms with Crippen LogP contribution in [-0.4, -0.2) is 15.7 Å². The van der Waals surface area contributed by atoms with E-state index in [0.29, 0.717) is 5.69 Å². The predicted molar refractivity (Wildman–Crippen MR) is 113 cm³/mol. The van der Waals surface area contributed by atoms with Crippen molar-refractivity contribution in [3.63, 3.8) is 0 Å². The first-order valence-electron chi connectivity index (χ1n) is 9.46. The average molecular weight is 375 g/mol. The number of aryl methyl sites for hydroxylation is 3. The zero-order valence-corrected chi connectivity index (χ0v) is 16.7. The van der Waals surface area contributed by atoms with Crippen molar-refractivity contribution in [1.82, 2.24) is 9.78 Å². The van der Waals surface area contributed by atoms with Gasteiger partial charge in [0.15, 0.2) is 0 Å². The molecule has 0 spiro atoms. The van der Waals surface area contributed by atoms with E-state index < -0.39 is 6.04 Å². The maximum absolute atomic E-state index is 12.7. The Bertz CT molecular complexity index is 1070. The normalized spacial score (nSPS) is 11.9. The molecule has 1 amide bonds. The first-order chi connectivity index (χ1) is 13.4. The molecule has 0 aliphatic carbocycles. The van der Waals surface area contributed by atoms with Gasteiger partial charge < -0.3 is 5.32 Å². The number of amides is 1. The van der Waals surface area contributed by atoms with E-state index in [1.54, 1.807) is 13.0 Å². The quantitative estimate of drug-likeness (QED) is 0.723. The molecule has 0 radical (unpaired) electrons. The van der Waals surface area contributed by atoms with E-state index in [-0.39, 0.29) is 11.5 Å². The summed E-state index contributed by atoms with van der Waals surface area (Å²) in [7, 11) is 0. The van der Waals surface area contributed by atoms with Crippen LogP contribution < -0.4 is 10.9 Å². The Labute approximate surface area is 165 Å². The van der Waals surface area contributed by atoms with Gasteiger partial charge in [-0.2, -0.15) is 5.10 Å². The Morgan fingerprint density at radius 1 is 1.07 bits per heavy atom. The van der Waals surface area contributed by atoms with Crippen molar-refractivity contribution in [2.24, 2.45) is 0 Å². The zero-order valence-electron chi connectivity index (χ0n) is 16.7. The highest BCUT2D eigenvalue weighted by atomic mass is 16.2. The number of anilines is 1. The lowest BCUT2D eigenvalue weighted by Crippen LogP contribution is -2.33. The first-order valence-corrected chi connectivity index (χ1v) is 9.46. The van der Waals surface area contributed by atoms with Crippen molar-refractivity contribution in [3.05, 3.63) is 81.6 Å². The Balaban J connectivity index is 1.88. The monoisotopic (exact) mass is 375 g/mol. The van der Waals surface area contributed by atoms with Gasteiger partial charge >= 0.3 is 0 Å². The van der Waals surface area contributed by atoms with Crippen LogP contribution in [-0.2, 0) is 11.2 Å². The number of benzene rings is 2. The summed E-state index contributed by atoms with van der Waals surface area (Å²) in [4.78, 5) is 25.0. The SMILES string of the molecule is CCc1cccc(NC(=O)C(C)n2nc(-c3ccc(C)c(C)c3)ccc2=O)c1. The van der Waals surface area contributed by atoms with Crippen LogP contribution in [0, 0.1) is 13.8 Å². The van der Waals surface area contributed by atoms with Gasteiger partial charge in [-0.15, -0.1) is 0 Å². The van der Waals surface area contributed by atoms with E-state index in [1.165, 1.54) is 16.3 Å². The maximum atomic E-state index is 12.7. The summed E-state index contributed by atoms with van der Waals surface area (Å²) in [5.74, 6) is -0.278. The number of carbonyl (C=O) groups excluding carboxylic acids is 1. The van der Waals surface area contributed by atoms with Crippen molar-refractivity contribution >= 4 is 11.6 Å². The molecule has 5 nitrogen and oxygen atoms in total. The standard InChI is InChI=1S/C23H25N3O2/c1-5-18-7-6-8-20(14-18)24-23(28)17(4)26-22(27)12-11-21(25-26)19-10-9-15(2)16(3)13-19/h6-14,17H,5H2,1-4H3,(H,24,28). The molecule has 1 N–H and O–H groups in total. The minimum absolute atomic E-state index is 0.278. The van der Waals surface area contributed by atoms with Gasteiger partial charge in [-0.25, -0.2) is 4.68 Å². The molecule has 0 saturated carbocycles. The predicted octanol–water partition coefficient (Wildman–Crippen LogP) is 4.29. The molecule has 28 heavy (non-hydrogen) atoms. The van der Waals surface area contributed by atoms with E-state index in [0.717, 1.165) is 28.8 Å². The van der Waals surface area contributed by atoms with Crippen molar-refractivity contribution < 1.29 is 4.79 Å². The van der Waals surface area contributed by atoms with Gasteiger partial charge in [0.25, 0.3) is 5.56 Å². The first kappa shape index (κ1) is 19.5. The molecule has 3 rings (SSSR count). The molecule has 0 saturated heterocycles. The van der Waals surface area contributed by atoms with Crippen LogP contribution in [0.1, 0.15) is 36.6 Å². The third kappa shape index (κ3) is 4.19. The van der Waals surface area contributed by atoms with E-state index in [9.17, 15) is 9.59 Å². The van der Waals surface area contributed by atoms with Gasteiger partial charge in [-0.1, -0.05) is 31.2 Å². The summed E-state index contributed by atoms with van der Waals surface area (Å²) in [5, 5.41) is 7.33. The number of hydrogen-bond donors (Lipinski definition) is 1. The van der Waals surface area contributed by atoms with Crippen molar-refractivity contribution in [3.8, 4) is 11.3 Å². The number of nitrogens with zero attached hydrogens (tertiary/aromatic N) is 2. The smallest absolute Gasteiger partial charge is 0.267 e. The maximum Gasteiger partial charge on any atom is 0.267 e. The molecule has 0 aliphatic heterocycles. The van der Waals surface area contributed by atoms with Crippen molar-refractivity contribution in [2.45, 2.75) is 40.2 Å². The van der Waals surface area contributed by atoms with Crippen LogP contribution in [0.5, 0.6) is 0 Å². The molecule has 1 heterocycles. The fourth-order valence-corrected chi connectivity index (χ4v) is 2.98. The Morgan fingerprint density at radius 3 is 2.57 bits per heavy atom. The molecule has 0 fully saturated rings. The Hall–Kier alpha value is -3.21. The molecular formula is C23H25N3O2. The third-order valence-corrected chi connectivity index (χ3v) is 4.98. The van der Waals surface area contributed by atoms with Gasteiger partial charge in [0.1, 0.15) is 6.04 Å². The minimum Gasteiger partial charge on any atom is -0.324 e. The highest BCUT2D eigenvalue weighted by Gasteiger charge is 2.18. The number of aromatic nitrogens is 2. The number of carbonyl (C=O) groups is 1. The molecular weight excluding hydrogens is 350 g/mol. The van der Waals surface area contributed by atoms with Gasteiger partial charge in [0.2, 0.25) is 5.91 Å². The highest BCUT2D eigenvalue weighted by molar-refractivity contribution is 5.93. The largest absolute Gasteiger partial charge is 0.324 e. The Kier molecular flexibility index (Phi) is 5.73. The van der Waals surface area contributed by atoms with Crippen LogP contribution in [0.4, 0.5) is 5.69 Å². The molecule has 0 bridgehead atoms. The molecule has 1 atom stereocenters. The van der Waals surface area contributed by atoms with E-state index in [2.05, 4.69) is 17.3 Å². The molecule has 0 aliphatic rings. The summed E-state index contributed by atoms with van der Waals surface area (Å²) < 4.78 is 1.24. The molecule has 144 valence electrons. The molecule has 3 aromatic rings. The fourth-order valence-electron chi connectivity index (χ4n) is 2.98. The van der Waals surface area contributed by atoms with Crippen LogP contribution in [0.2, 0.25) is 0 Å². The van der Waals surface area contributed by atoms with Gasteiger partial charge in [0.05, 0.1) is 5.69 Å². The summed E-state index contributed by atoms with van der Waals surface area (Å²) in [6, 6.07) is 16.1. The van der Waals surface area contributed by atoms with Crippen LogP contribution in [0.15, 0.2) is 59.4 Å². The average Bonchev–Trinajstić information content (AvgIpc) is 2.70. The van der Waals surface area contributed by atoms with Crippen LogP contribution in [0.25, 0.3) is 11.3 Å². The number of nitrogens with one attached hydrogen (secondary N) is 1. The fraction of sp³-hybridized carbons (Fsp3) is 0.261. The van der Waals surface area contributed by atoms with Crippen molar-refractivity contribution in [2.75, 3.05) is 5.32 Å². The summed E-state index contributed by atoms with van der Waals surface area (Å²) >= 11 is 0. The molecule has 1 aromatic heterocycles. The van der Waals surface area contributed by atoms with Gasteiger partial charge in [-0.3, -0.25) is 9.59 Å². The molecule has 1 unspecified atom stereocenters. The topological polar surface area (TPSA) is 64.0 Å². The lowest BCUT2D eigenvalue weighted by Gasteiger charge is -2.15. The number of hydrogen-bond acceptors (Lipinski definition) is 3. The van der Waals surface area contributed by atoms with E-state index >= 15 is 0 Å². The van der Waals surface area contributed by atoms with Gasteiger partial charge in [0, 0.05) is 17.3 Å². The Morgan fingerprint density at radius 2 is 1.86 bits per heavy atom. The summed E-state index contributed by atoms with van der Waals surface area (Å²) in [5.41, 5.74) is 5.47. The summed E-state index contributed by atoms with van der Waals surface area (Å²) in [6.45, 7) is 7.83. The van der Waals surface area contributed by atoms with Gasteiger partial charge in [-0.05, 0) is 68.1 Å². The lowest BCUT2D eigenvalue weighted by molar-refractivity contribution is -0.119. The van der Waals surface area contributed by atoms with E-state index in [4.69, 9.17) is 0 Å². The second-order valence-electron chi connectivity index (χ2n) is 7.02. The lowest BCUT2D eigenvalue weighted by atomic mass is 10.0. The zero-order chi connectivity index (χ0) is 20.3. The second-order valence-corrected chi connectivity index (χ2v) is 7.02. The molecule has 2 aromatic carbocycles. The van der Waals surface area contributed by atoms with Crippen LogP contribution in [0.3, 0.4) is 0 Å². The van der Waals surface area contributed by atoms with Crippen molar-refractivity contribution in [1.29, 1.82) is 0 Å². The van der Waals surface area contributed by atoms with E-state index in [1.807, 2.05) is 56.3 Å².